The maximum atomic E-state index is 11.9. The van der Waals surface area contributed by atoms with E-state index in [0.717, 1.165) is 19.6 Å². The summed E-state index contributed by atoms with van der Waals surface area (Å²) in [6, 6.07) is 0.712. The molecular weight excluding hydrogens is 286 g/mol. The lowest BCUT2D eigenvalue weighted by molar-refractivity contribution is -0.141. The highest BCUT2D eigenvalue weighted by atomic mass is 16.2. The summed E-state index contributed by atoms with van der Waals surface area (Å²) in [6.07, 6.45) is 2.56. The molecule has 2 saturated heterocycles. The van der Waals surface area contributed by atoms with Crippen molar-refractivity contribution in [2.24, 2.45) is 16.7 Å². The SMILES string of the molecule is CC(=O)N1CC(C)(C)C(CN(C)C2CCN(C)CC2)C(C)(C)C1. The molecule has 2 aliphatic heterocycles. The molecule has 0 radical (unpaired) electrons. The molecule has 0 saturated carbocycles. The second-order valence-electron chi connectivity index (χ2n) is 9.38. The summed E-state index contributed by atoms with van der Waals surface area (Å²) in [5.41, 5.74) is 0.320. The molecule has 0 spiro atoms. The van der Waals surface area contributed by atoms with Crippen LogP contribution in [0.2, 0.25) is 0 Å². The molecular formula is C19H37N3O. The lowest BCUT2D eigenvalue weighted by Crippen LogP contribution is -2.59. The third-order valence-electron chi connectivity index (χ3n) is 6.31. The number of piperidine rings is 2. The summed E-state index contributed by atoms with van der Waals surface area (Å²) in [4.78, 5) is 19.0. The van der Waals surface area contributed by atoms with Crippen LogP contribution < -0.4 is 0 Å². The third-order valence-corrected chi connectivity index (χ3v) is 6.31. The molecule has 0 N–H and O–H groups in total. The van der Waals surface area contributed by atoms with Gasteiger partial charge in [-0.3, -0.25) is 4.79 Å². The Morgan fingerprint density at radius 3 is 2.00 bits per heavy atom. The first-order valence-electron chi connectivity index (χ1n) is 9.17. The quantitative estimate of drug-likeness (QED) is 0.798. The van der Waals surface area contributed by atoms with Gasteiger partial charge in [0.25, 0.3) is 0 Å². The van der Waals surface area contributed by atoms with E-state index < -0.39 is 0 Å². The van der Waals surface area contributed by atoms with Crippen molar-refractivity contribution in [2.45, 2.75) is 53.5 Å². The molecule has 134 valence electrons. The molecule has 2 heterocycles. The second kappa shape index (κ2) is 6.72. The van der Waals surface area contributed by atoms with Crippen LogP contribution in [0.1, 0.15) is 47.5 Å². The molecule has 23 heavy (non-hydrogen) atoms. The van der Waals surface area contributed by atoms with E-state index in [1.54, 1.807) is 6.92 Å². The Hall–Kier alpha value is -0.610. The number of amides is 1. The molecule has 2 rings (SSSR count). The Morgan fingerprint density at radius 2 is 1.57 bits per heavy atom. The van der Waals surface area contributed by atoms with Crippen molar-refractivity contribution in [3.05, 3.63) is 0 Å². The van der Waals surface area contributed by atoms with Crippen LogP contribution in [-0.2, 0) is 4.79 Å². The number of carbonyl (C=O) groups is 1. The minimum atomic E-state index is 0.160. The van der Waals surface area contributed by atoms with Gasteiger partial charge in [0.15, 0.2) is 0 Å². The van der Waals surface area contributed by atoms with E-state index >= 15 is 0 Å². The summed E-state index contributed by atoms with van der Waals surface area (Å²) in [7, 11) is 4.53. The van der Waals surface area contributed by atoms with Crippen molar-refractivity contribution < 1.29 is 4.79 Å². The molecule has 1 amide bonds. The average molecular weight is 324 g/mol. The Bertz CT molecular complexity index is 406. The summed E-state index contributed by atoms with van der Waals surface area (Å²) in [6.45, 7) is 16.4. The third kappa shape index (κ3) is 4.27. The first kappa shape index (κ1) is 18.7. The molecule has 0 aromatic heterocycles. The summed E-state index contributed by atoms with van der Waals surface area (Å²) >= 11 is 0. The lowest BCUT2D eigenvalue weighted by atomic mass is 9.61. The average Bonchev–Trinajstić information content (AvgIpc) is 2.42. The molecule has 2 aliphatic rings. The summed E-state index contributed by atoms with van der Waals surface area (Å²) in [5.74, 6) is 0.823. The Balaban J connectivity index is 2.06. The molecule has 2 fully saturated rings. The zero-order chi connectivity index (χ0) is 17.4. The van der Waals surface area contributed by atoms with Crippen molar-refractivity contribution >= 4 is 5.91 Å². The largest absolute Gasteiger partial charge is 0.342 e. The Kier molecular flexibility index (Phi) is 5.47. The van der Waals surface area contributed by atoms with Gasteiger partial charge in [0.2, 0.25) is 5.91 Å². The molecule has 0 unspecified atom stereocenters. The summed E-state index contributed by atoms with van der Waals surface area (Å²) < 4.78 is 0. The monoisotopic (exact) mass is 323 g/mol. The Morgan fingerprint density at radius 1 is 1.09 bits per heavy atom. The van der Waals surface area contributed by atoms with Crippen LogP contribution in [0.4, 0.5) is 0 Å². The maximum absolute atomic E-state index is 11.9. The fourth-order valence-corrected chi connectivity index (χ4v) is 4.91. The zero-order valence-electron chi connectivity index (χ0n) is 16.4. The van der Waals surface area contributed by atoms with E-state index in [1.165, 1.54) is 25.9 Å². The van der Waals surface area contributed by atoms with Crippen LogP contribution >= 0.6 is 0 Å². The van der Waals surface area contributed by atoms with Crippen LogP contribution in [0.25, 0.3) is 0 Å². The van der Waals surface area contributed by atoms with Gasteiger partial charge in [-0.05, 0) is 56.8 Å². The molecule has 0 bridgehead atoms. The van der Waals surface area contributed by atoms with Crippen LogP contribution in [0.5, 0.6) is 0 Å². The number of rotatable bonds is 3. The standard InChI is InChI=1S/C19H37N3O/c1-15(23)22-13-18(2,3)17(19(4,5)14-22)12-21(7)16-8-10-20(6)11-9-16/h16-17H,8-14H2,1-7H3. The van der Waals surface area contributed by atoms with Gasteiger partial charge in [-0.25, -0.2) is 0 Å². The van der Waals surface area contributed by atoms with E-state index in [1.807, 2.05) is 4.90 Å². The molecule has 4 nitrogen and oxygen atoms in total. The van der Waals surface area contributed by atoms with Gasteiger partial charge in [0.05, 0.1) is 0 Å². The minimum Gasteiger partial charge on any atom is -0.342 e. The highest BCUT2D eigenvalue weighted by Gasteiger charge is 2.48. The molecule has 4 heteroatoms. The summed E-state index contributed by atoms with van der Waals surface area (Å²) in [5, 5.41) is 0. The smallest absolute Gasteiger partial charge is 0.219 e. The van der Waals surface area contributed by atoms with Crippen molar-refractivity contribution in [2.75, 3.05) is 46.8 Å². The topological polar surface area (TPSA) is 26.8 Å². The van der Waals surface area contributed by atoms with E-state index in [2.05, 4.69) is 51.6 Å². The molecule has 0 aliphatic carbocycles. The van der Waals surface area contributed by atoms with Gasteiger partial charge >= 0.3 is 0 Å². The molecule has 0 aromatic rings. The van der Waals surface area contributed by atoms with Gasteiger partial charge < -0.3 is 14.7 Å². The van der Waals surface area contributed by atoms with Crippen LogP contribution in [0.3, 0.4) is 0 Å². The van der Waals surface area contributed by atoms with Crippen molar-refractivity contribution in [3.63, 3.8) is 0 Å². The van der Waals surface area contributed by atoms with Crippen LogP contribution in [-0.4, -0.2) is 73.5 Å². The Labute approximate surface area is 143 Å². The molecule has 0 atom stereocenters. The van der Waals surface area contributed by atoms with Gasteiger partial charge in [-0.2, -0.15) is 0 Å². The van der Waals surface area contributed by atoms with Crippen LogP contribution in [0.15, 0.2) is 0 Å². The molecule has 0 aromatic carbocycles. The van der Waals surface area contributed by atoms with E-state index in [4.69, 9.17) is 0 Å². The first-order valence-corrected chi connectivity index (χ1v) is 9.17. The number of carbonyl (C=O) groups excluding carboxylic acids is 1. The lowest BCUT2D eigenvalue weighted by Gasteiger charge is -2.55. The van der Waals surface area contributed by atoms with Gasteiger partial charge in [-0.15, -0.1) is 0 Å². The van der Waals surface area contributed by atoms with Crippen molar-refractivity contribution in [1.82, 2.24) is 14.7 Å². The predicted molar refractivity (Wildman–Crippen MR) is 96.5 cm³/mol. The zero-order valence-corrected chi connectivity index (χ0v) is 16.4. The number of likely N-dealkylation sites (tertiary alicyclic amines) is 2. The van der Waals surface area contributed by atoms with Gasteiger partial charge in [0, 0.05) is 32.6 Å². The van der Waals surface area contributed by atoms with Crippen molar-refractivity contribution in [1.29, 1.82) is 0 Å². The van der Waals surface area contributed by atoms with E-state index in [-0.39, 0.29) is 16.7 Å². The van der Waals surface area contributed by atoms with Crippen molar-refractivity contribution in [3.8, 4) is 0 Å². The fourth-order valence-electron chi connectivity index (χ4n) is 4.91. The van der Waals surface area contributed by atoms with E-state index in [9.17, 15) is 4.79 Å². The number of hydrogen-bond acceptors (Lipinski definition) is 3. The normalized spacial score (nSPS) is 26.7. The minimum absolute atomic E-state index is 0.160. The van der Waals surface area contributed by atoms with Crippen LogP contribution in [0, 0.1) is 16.7 Å². The predicted octanol–water partition coefficient (Wildman–Crippen LogP) is 2.54. The van der Waals surface area contributed by atoms with Gasteiger partial charge in [0.1, 0.15) is 0 Å². The maximum Gasteiger partial charge on any atom is 0.219 e. The van der Waals surface area contributed by atoms with E-state index in [0.29, 0.717) is 12.0 Å². The van der Waals surface area contributed by atoms with Gasteiger partial charge in [-0.1, -0.05) is 27.7 Å². The fraction of sp³-hybridized carbons (Fsp3) is 0.947. The number of nitrogens with zero attached hydrogens (tertiary/aromatic N) is 3. The highest BCUT2D eigenvalue weighted by Crippen LogP contribution is 2.46. The first-order chi connectivity index (χ1) is 10.5. The highest BCUT2D eigenvalue weighted by molar-refractivity contribution is 5.73. The number of hydrogen-bond donors (Lipinski definition) is 0. The second-order valence-corrected chi connectivity index (χ2v) is 9.38.